The maximum atomic E-state index is 12.1. The summed E-state index contributed by atoms with van der Waals surface area (Å²) in [6.45, 7) is 2.11. The molecular formula is C14H19NO4S. The van der Waals surface area contributed by atoms with E-state index in [0.717, 1.165) is 25.0 Å². The number of carbonyl (C=O) groups is 2. The summed E-state index contributed by atoms with van der Waals surface area (Å²) in [5.41, 5.74) is 0. The van der Waals surface area contributed by atoms with E-state index in [1.807, 2.05) is 11.8 Å². The Morgan fingerprint density at radius 3 is 2.70 bits per heavy atom. The lowest BCUT2D eigenvalue weighted by Gasteiger charge is -2.31. The van der Waals surface area contributed by atoms with Gasteiger partial charge in [0.05, 0.1) is 0 Å². The van der Waals surface area contributed by atoms with Crippen molar-refractivity contribution in [3.8, 4) is 0 Å². The van der Waals surface area contributed by atoms with E-state index in [-0.39, 0.29) is 23.5 Å². The molecule has 1 aromatic rings. The van der Waals surface area contributed by atoms with Gasteiger partial charge >= 0.3 is 5.97 Å². The van der Waals surface area contributed by atoms with Crippen molar-refractivity contribution in [2.24, 2.45) is 0 Å². The second-order valence-electron chi connectivity index (χ2n) is 4.83. The number of amides is 1. The number of carboxylic acids is 1. The van der Waals surface area contributed by atoms with Gasteiger partial charge in [0.15, 0.2) is 5.76 Å². The van der Waals surface area contributed by atoms with Crippen LogP contribution < -0.4 is 5.32 Å². The van der Waals surface area contributed by atoms with Crippen LogP contribution in [0.4, 0.5) is 0 Å². The second kappa shape index (κ2) is 6.83. The number of thioether (sulfide) groups is 1. The van der Waals surface area contributed by atoms with Crippen molar-refractivity contribution >= 4 is 23.6 Å². The van der Waals surface area contributed by atoms with Gasteiger partial charge in [-0.25, -0.2) is 4.79 Å². The predicted octanol–water partition coefficient (Wildman–Crippen LogP) is 2.77. The van der Waals surface area contributed by atoms with Crippen LogP contribution in [0.3, 0.4) is 0 Å². The average Bonchev–Trinajstić information content (AvgIpc) is 2.91. The first-order valence-electron chi connectivity index (χ1n) is 6.87. The third-order valence-electron chi connectivity index (χ3n) is 3.44. The SMILES string of the molecule is CCSC1CCCCC1NC(=O)c1ccc(C(=O)O)o1. The molecule has 2 atom stereocenters. The number of carbonyl (C=O) groups excluding carboxylic acids is 1. The Labute approximate surface area is 122 Å². The van der Waals surface area contributed by atoms with Gasteiger partial charge in [0.1, 0.15) is 0 Å². The number of rotatable bonds is 5. The second-order valence-corrected chi connectivity index (χ2v) is 6.34. The maximum absolute atomic E-state index is 12.1. The highest BCUT2D eigenvalue weighted by molar-refractivity contribution is 7.99. The molecule has 6 heteroatoms. The maximum Gasteiger partial charge on any atom is 0.371 e. The van der Waals surface area contributed by atoms with Gasteiger partial charge in [0.25, 0.3) is 5.91 Å². The molecule has 1 saturated carbocycles. The first kappa shape index (κ1) is 15.0. The van der Waals surface area contributed by atoms with Crippen molar-refractivity contribution < 1.29 is 19.1 Å². The standard InChI is InChI=1S/C14H19NO4S/c1-2-20-12-6-4-3-5-9(12)15-13(16)10-7-8-11(19-10)14(17)18/h7-9,12H,2-6H2,1H3,(H,15,16)(H,17,18). The highest BCUT2D eigenvalue weighted by Crippen LogP contribution is 2.28. The van der Waals surface area contributed by atoms with Crippen LogP contribution in [0, 0.1) is 0 Å². The van der Waals surface area contributed by atoms with Crippen LogP contribution in [-0.2, 0) is 0 Å². The van der Waals surface area contributed by atoms with Gasteiger partial charge in [-0.15, -0.1) is 0 Å². The summed E-state index contributed by atoms with van der Waals surface area (Å²) in [5, 5.41) is 12.2. The number of aromatic carboxylic acids is 1. The Bertz CT molecular complexity index is 483. The average molecular weight is 297 g/mol. The molecule has 1 aromatic heterocycles. The third kappa shape index (κ3) is 3.56. The lowest BCUT2D eigenvalue weighted by atomic mass is 9.95. The first-order chi connectivity index (χ1) is 9.61. The minimum absolute atomic E-state index is 0.0632. The highest BCUT2D eigenvalue weighted by Gasteiger charge is 2.27. The first-order valence-corrected chi connectivity index (χ1v) is 7.92. The van der Waals surface area contributed by atoms with Crippen LogP contribution >= 0.6 is 11.8 Å². The lowest BCUT2D eigenvalue weighted by molar-refractivity contribution is 0.0659. The van der Waals surface area contributed by atoms with Gasteiger partial charge in [-0.05, 0) is 30.7 Å². The molecule has 1 amide bonds. The van der Waals surface area contributed by atoms with Crippen LogP contribution in [0.1, 0.15) is 53.7 Å². The molecule has 2 unspecified atom stereocenters. The number of nitrogens with one attached hydrogen (secondary N) is 1. The Morgan fingerprint density at radius 1 is 1.35 bits per heavy atom. The van der Waals surface area contributed by atoms with Crippen LogP contribution in [0.15, 0.2) is 16.5 Å². The van der Waals surface area contributed by atoms with Crippen LogP contribution in [-0.4, -0.2) is 34.0 Å². The quantitative estimate of drug-likeness (QED) is 0.873. The van der Waals surface area contributed by atoms with Gasteiger partial charge in [0, 0.05) is 11.3 Å². The van der Waals surface area contributed by atoms with E-state index in [2.05, 4.69) is 12.2 Å². The fraction of sp³-hybridized carbons (Fsp3) is 0.571. The van der Waals surface area contributed by atoms with Crippen molar-refractivity contribution in [2.75, 3.05) is 5.75 Å². The summed E-state index contributed by atoms with van der Waals surface area (Å²) >= 11 is 1.87. The molecule has 110 valence electrons. The van der Waals surface area contributed by atoms with Crippen LogP contribution in [0.25, 0.3) is 0 Å². The molecule has 0 bridgehead atoms. The van der Waals surface area contributed by atoms with Crippen molar-refractivity contribution in [1.82, 2.24) is 5.32 Å². The van der Waals surface area contributed by atoms with Crippen molar-refractivity contribution in [3.63, 3.8) is 0 Å². The Kier molecular flexibility index (Phi) is 5.11. The minimum atomic E-state index is -1.17. The van der Waals surface area contributed by atoms with Gasteiger partial charge < -0.3 is 14.8 Å². The molecule has 5 nitrogen and oxygen atoms in total. The fourth-order valence-electron chi connectivity index (χ4n) is 2.49. The summed E-state index contributed by atoms with van der Waals surface area (Å²) in [6.07, 6.45) is 4.40. The number of carboxylic acid groups (broad SMARTS) is 1. The molecule has 20 heavy (non-hydrogen) atoms. The van der Waals surface area contributed by atoms with E-state index in [1.165, 1.54) is 18.6 Å². The monoisotopic (exact) mass is 297 g/mol. The summed E-state index contributed by atoms with van der Waals surface area (Å²) in [7, 11) is 0. The van der Waals surface area contributed by atoms with E-state index in [1.54, 1.807) is 0 Å². The van der Waals surface area contributed by atoms with E-state index in [9.17, 15) is 9.59 Å². The van der Waals surface area contributed by atoms with Crippen molar-refractivity contribution in [2.45, 2.75) is 43.9 Å². The molecular weight excluding hydrogens is 278 g/mol. The summed E-state index contributed by atoms with van der Waals surface area (Å²) < 4.78 is 5.03. The Morgan fingerprint density at radius 2 is 2.05 bits per heavy atom. The predicted molar refractivity (Wildman–Crippen MR) is 77.3 cm³/mol. The normalized spacial score (nSPS) is 22.4. The van der Waals surface area contributed by atoms with E-state index < -0.39 is 5.97 Å². The van der Waals surface area contributed by atoms with Gasteiger partial charge in [-0.1, -0.05) is 19.8 Å². The van der Waals surface area contributed by atoms with E-state index in [4.69, 9.17) is 9.52 Å². The zero-order chi connectivity index (χ0) is 14.5. The smallest absolute Gasteiger partial charge is 0.371 e. The molecule has 2 rings (SSSR count). The highest BCUT2D eigenvalue weighted by atomic mass is 32.2. The molecule has 1 fully saturated rings. The summed E-state index contributed by atoms with van der Waals surface area (Å²) in [5.74, 6) is -0.611. The Hall–Kier alpha value is -1.43. The topological polar surface area (TPSA) is 79.5 Å². The molecule has 1 aliphatic carbocycles. The zero-order valence-corrected chi connectivity index (χ0v) is 12.2. The third-order valence-corrected chi connectivity index (χ3v) is 4.77. The molecule has 0 aliphatic heterocycles. The molecule has 2 N–H and O–H groups in total. The van der Waals surface area contributed by atoms with E-state index in [0.29, 0.717) is 5.25 Å². The lowest BCUT2D eigenvalue weighted by Crippen LogP contribution is -2.43. The molecule has 0 aromatic carbocycles. The van der Waals surface area contributed by atoms with Crippen LogP contribution in [0.5, 0.6) is 0 Å². The number of hydrogen-bond acceptors (Lipinski definition) is 4. The summed E-state index contributed by atoms with van der Waals surface area (Å²) in [6, 6.07) is 2.85. The number of hydrogen-bond donors (Lipinski definition) is 2. The van der Waals surface area contributed by atoms with E-state index >= 15 is 0 Å². The molecule has 1 heterocycles. The van der Waals surface area contributed by atoms with Gasteiger partial charge in [0.2, 0.25) is 5.76 Å². The molecule has 0 saturated heterocycles. The largest absolute Gasteiger partial charge is 0.475 e. The number of furan rings is 1. The van der Waals surface area contributed by atoms with Gasteiger partial charge in [-0.2, -0.15) is 11.8 Å². The van der Waals surface area contributed by atoms with Gasteiger partial charge in [-0.3, -0.25) is 4.79 Å². The van der Waals surface area contributed by atoms with Crippen molar-refractivity contribution in [1.29, 1.82) is 0 Å². The summed E-state index contributed by atoms with van der Waals surface area (Å²) in [4.78, 5) is 22.8. The molecule has 1 aliphatic rings. The minimum Gasteiger partial charge on any atom is -0.475 e. The van der Waals surface area contributed by atoms with Crippen molar-refractivity contribution in [3.05, 3.63) is 23.7 Å². The Balaban J connectivity index is 1.99. The molecule has 0 radical (unpaired) electrons. The fourth-order valence-corrected chi connectivity index (χ4v) is 3.69. The molecule has 0 spiro atoms. The zero-order valence-electron chi connectivity index (χ0n) is 11.4. The van der Waals surface area contributed by atoms with Crippen LogP contribution in [0.2, 0.25) is 0 Å².